The number of benzene rings is 2. The van der Waals surface area contributed by atoms with Crippen LogP contribution in [0.2, 0.25) is 0 Å². The molecule has 1 heterocycles. The van der Waals surface area contributed by atoms with E-state index in [-0.39, 0.29) is 0 Å². The highest BCUT2D eigenvalue weighted by Gasteiger charge is 2.26. The second kappa shape index (κ2) is 10.2. The summed E-state index contributed by atoms with van der Waals surface area (Å²) >= 11 is 0. The van der Waals surface area contributed by atoms with Crippen LogP contribution in [0.25, 0.3) is 0 Å². The maximum atomic E-state index is 2.82. The number of piperidine rings is 1. The number of hydrogen-bond acceptors (Lipinski definition) is 2. The van der Waals surface area contributed by atoms with Crippen LogP contribution >= 0.6 is 0 Å². The summed E-state index contributed by atoms with van der Waals surface area (Å²) in [5.74, 6) is 0. The zero-order valence-corrected chi connectivity index (χ0v) is 17.4. The van der Waals surface area contributed by atoms with Crippen molar-refractivity contribution in [1.82, 2.24) is 9.80 Å². The van der Waals surface area contributed by atoms with Gasteiger partial charge in [-0.25, -0.2) is 0 Å². The lowest BCUT2D eigenvalue weighted by Gasteiger charge is -2.38. The molecule has 2 nitrogen and oxygen atoms in total. The first kappa shape index (κ1) is 19.7. The molecule has 1 saturated heterocycles. The van der Waals surface area contributed by atoms with Crippen LogP contribution in [0.5, 0.6) is 0 Å². The highest BCUT2D eigenvalue weighted by atomic mass is 15.2. The van der Waals surface area contributed by atoms with Gasteiger partial charge in [0.2, 0.25) is 0 Å². The maximum Gasteiger partial charge on any atom is 0.0351 e. The standard InChI is InChI=1S/C26H36N2/c1-3-11-23(12-4-1)13-10-20-28(22-21-27-18-7-2-8-19-27)26-17-9-15-24-14-5-6-16-25(24)26/h1,3-6,11-12,14,16,26H,2,7-10,13,15,17-22H2. The second-order valence-corrected chi connectivity index (χ2v) is 8.63. The van der Waals surface area contributed by atoms with Gasteiger partial charge in [-0.15, -0.1) is 0 Å². The number of rotatable bonds is 8. The molecule has 1 atom stereocenters. The minimum atomic E-state index is 0.616. The van der Waals surface area contributed by atoms with E-state index in [1.807, 2.05) is 0 Å². The van der Waals surface area contributed by atoms with Crippen molar-refractivity contribution in [3.05, 3.63) is 71.3 Å². The summed E-state index contributed by atoms with van der Waals surface area (Å²) in [4.78, 5) is 5.51. The van der Waals surface area contributed by atoms with Gasteiger partial charge in [-0.2, -0.15) is 0 Å². The second-order valence-electron chi connectivity index (χ2n) is 8.63. The van der Waals surface area contributed by atoms with E-state index in [4.69, 9.17) is 0 Å². The first-order valence-corrected chi connectivity index (χ1v) is 11.5. The monoisotopic (exact) mass is 376 g/mol. The van der Waals surface area contributed by atoms with Crippen molar-refractivity contribution in [2.45, 2.75) is 57.4 Å². The summed E-state index contributed by atoms with van der Waals surface area (Å²) in [5, 5.41) is 0. The first-order chi connectivity index (χ1) is 13.9. The van der Waals surface area contributed by atoms with E-state index in [1.165, 1.54) is 89.7 Å². The Hall–Kier alpha value is -1.64. The minimum Gasteiger partial charge on any atom is -0.302 e. The van der Waals surface area contributed by atoms with Crippen LogP contribution in [0.4, 0.5) is 0 Å². The van der Waals surface area contributed by atoms with Gasteiger partial charge in [-0.1, -0.05) is 61.0 Å². The molecule has 4 rings (SSSR count). The van der Waals surface area contributed by atoms with E-state index >= 15 is 0 Å². The Balaban J connectivity index is 1.41. The summed E-state index contributed by atoms with van der Waals surface area (Å²) in [6.45, 7) is 6.28. The Kier molecular flexibility index (Phi) is 7.18. The van der Waals surface area contributed by atoms with Crippen molar-refractivity contribution in [2.75, 3.05) is 32.7 Å². The van der Waals surface area contributed by atoms with Gasteiger partial charge in [0.05, 0.1) is 0 Å². The molecule has 1 aliphatic heterocycles. The third-order valence-corrected chi connectivity index (χ3v) is 6.68. The molecular formula is C26H36N2. The van der Waals surface area contributed by atoms with Crippen molar-refractivity contribution < 1.29 is 0 Å². The van der Waals surface area contributed by atoms with E-state index < -0.39 is 0 Å². The molecule has 28 heavy (non-hydrogen) atoms. The minimum absolute atomic E-state index is 0.616. The Morgan fingerprint density at radius 2 is 1.61 bits per heavy atom. The van der Waals surface area contributed by atoms with Gasteiger partial charge < -0.3 is 4.90 Å². The predicted octanol–water partition coefficient (Wildman–Crippen LogP) is 5.48. The lowest BCUT2D eigenvalue weighted by atomic mass is 9.86. The van der Waals surface area contributed by atoms with Crippen molar-refractivity contribution in [1.29, 1.82) is 0 Å². The van der Waals surface area contributed by atoms with Gasteiger partial charge in [0.1, 0.15) is 0 Å². The highest BCUT2D eigenvalue weighted by molar-refractivity contribution is 5.32. The molecule has 1 fully saturated rings. The molecule has 0 bridgehead atoms. The number of likely N-dealkylation sites (tertiary alicyclic amines) is 1. The predicted molar refractivity (Wildman–Crippen MR) is 119 cm³/mol. The summed E-state index contributed by atoms with van der Waals surface area (Å²) in [6.07, 6.45) is 10.6. The van der Waals surface area contributed by atoms with Crippen LogP contribution in [-0.2, 0) is 12.8 Å². The Morgan fingerprint density at radius 3 is 2.46 bits per heavy atom. The third-order valence-electron chi connectivity index (χ3n) is 6.68. The Bertz CT molecular complexity index is 705. The average molecular weight is 377 g/mol. The fourth-order valence-electron chi connectivity index (χ4n) is 5.11. The smallest absolute Gasteiger partial charge is 0.0351 e. The zero-order chi connectivity index (χ0) is 19.0. The number of aryl methyl sites for hydroxylation is 2. The van der Waals surface area contributed by atoms with Gasteiger partial charge in [0.15, 0.2) is 0 Å². The van der Waals surface area contributed by atoms with Gasteiger partial charge in [0.25, 0.3) is 0 Å². The maximum absolute atomic E-state index is 2.82. The molecule has 2 heteroatoms. The largest absolute Gasteiger partial charge is 0.302 e. The molecule has 150 valence electrons. The molecule has 0 N–H and O–H groups in total. The van der Waals surface area contributed by atoms with Crippen molar-refractivity contribution in [3.63, 3.8) is 0 Å². The van der Waals surface area contributed by atoms with E-state index in [9.17, 15) is 0 Å². The molecule has 1 unspecified atom stereocenters. The van der Waals surface area contributed by atoms with Crippen LogP contribution in [0, 0.1) is 0 Å². The fourth-order valence-corrected chi connectivity index (χ4v) is 5.11. The summed E-state index contributed by atoms with van der Waals surface area (Å²) < 4.78 is 0. The molecule has 0 saturated carbocycles. The molecule has 2 aromatic carbocycles. The summed E-state index contributed by atoms with van der Waals surface area (Å²) in [7, 11) is 0. The number of hydrogen-bond donors (Lipinski definition) is 0. The van der Waals surface area contributed by atoms with Crippen LogP contribution in [0.3, 0.4) is 0 Å². The topological polar surface area (TPSA) is 6.48 Å². The molecule has 1 aliphatic carbocycles. The van der Waals surface area contributed by atoms with Crippen LogP contribution < -0.4 is 0 Å². The average Bonchev–Trinajstić information content (AvgIpc) is 2.77. The number of fused-ring (bicyclic) bond motifs is 1. The van der Waals surface area contributed by atoms with Crippen molar-refractivity contribution in [3.8, 4) is 0 Å². The molecular weight excluding hydrogens is 340 g/mol. The first-order valence-electron chi connectivity index (χ1n) is 11.5. The van der Waals surface area contributed by atoms with Gasteiger partial charge in [-0.05, 0) is 81.3 Å². The Labute approximate surface area is 171 Å². The van der Waals surface area contributed by atoms with Crippen LogP contribution in [-0.4, -0.2) is 42.5 Å². The normalized spacial score (nSPS) is 20.2. The SMILES string of the molecule is c1ccc(CCCN(CCN2CCCCC2)C2CCCc3ccccc32)cc1. The van der Waals surface area contributed by atoms with E-state index in [0.29, 0.717) is 6.04 Å². The molecule has 2 aliphatic rings. The number of nitrogens with zero attached hydrogens (tertiary/aromatic N) is 2. The third kappa shape index (κ3) is 5.24. The molecule has 0 amide bonds. The summed E-state index contributed by atoms with van der Waals surface area (Å²) in [5.41, 5.74) is 4.67. The van der Waals surface area contributed by atoms with E-state index in [0.717, 1.165) is 0 Å². The molecule has 0 radical (unpaired) electrons. The van der Waals surface area contributed by atoms with Gasteiger partial charge in [-0.3, -0.25) is 4.90 Å². The van der Waals surface area contributed by atoms with Crippen molar-refractivity contribution in [2.24, 2.45) is 0 Å². The molecule has 0 spiro atoms. The van der Waals surface area contributed by atoms with E-state index in [2.05, 4.69) is 64.4 Å². The van der Waals surface area contributed by atoms with Crippen LogP contribution in [0.1, 0.15) is 61.3 Å². The zero-order valence-electron chi connectivity index (χ0n) is 17.4. The van der Waals surface area contributed by atoms with E-state index in [1.54, 1.807) is 11.1 Å². The lowest BCUT2D eigenvalue weighted by Crippen LogP contribution is -2.40. The quantitative estimate of drug-likeness (QED) is 0.601. The Morgan fingerprint density at radius 1 is 0.821 bits per heavy atom. The fraction of sp³-hybridized carbons (Fsp3) is 0.538. The van der Waals surface area contributed by atoms with Gasteiger partial charge >= 0.3 is 0 Å². The van der Waals surface area contributed by atoms with Gasteiger partial charge in [0, 0.05) is 19.1 Å². The highest BCUT2D eigenvalue weighted by Crippen LogP contribution is 2.34. The lowest BCUT2D eigenvalue weighted by molar-refractivity contribution is 0.136. The molecule has 0 aromatic heterocycles. The summed E-state index contributed by atoms with van der Waals surface area (Å²) in [6, 6.07) is 20.8. The molecule has 2 aromatic rings. The van der Waals surface area contributed by atoms with Crippen LogP contribution in [0.15, 0.2) is 54.6 Å². The van der Waals surface area contributed by atoms with Crippen molar-refractivity contribution >= 4 is 0 Å².